The molecule has 0 spiro atoms. The first-order chi connectivity index (χ1) is 14.3. The van der Waals surface area contributed by atoms with Crippen LogP contribution in [0.5, 0.6) is 5.75 Å². The molecular formula is C20H18N4O4S2. The summed E-state index contributed by atoms with van der Waals surface area (Å²) in [6, 6.07) is 13.3. The van der Waals surface area contributed by atoms with Crippen molar-refractivity contribution in [2.24, 2.45) is 5.14 Å². The molecule has 2 aromatic carbocycles. The van der Waals surface area contributed by atoms with Crippen LogP contribution in [0.3, 0.4) is 0 Å². The fourth-order valence-electron chi connectivity index (χ4n) is 2.96. The van der Waals surface area contributed by atoms with Crippen LogP contribution in [-0.2, 0) is 21.2 Å². The number of ether oxygens (including phenoxy) is 1. The van der Waals surface area contributed by atoms with Gasteiger partial charge in [-0.3, -0.25) is 9.20 Å². The Bertz CT molecular complexity index is 1310. The maximum Gasteiger partial charge on any atom is 0.238 e. The van der Waals surface area contributed by atoms with Crippen molar-refractivity contribution < 1.29 is 17.9 Å². The molecule has 8 nitrogen and oxygen atoms in total. The third-order valence-corrected chi connectivity index (χ3v) is 6.30. The quantitative estimate of drug-likeness (QED) is 0.476. The number of fused-ring (bicyclic) bond motifs is 1. The Morgan fingerprint density at radius 1 is 1.17 bits per heavy atom. The summed E-state index contributed by atoms with van der Waals surface area (Å²) in [6.07, 6.45) is 2.05. The monoisotopic (exact) mass is 442 g/mol. The normalized spacial score (nSPS) is 11.5. The number of imidazole rings is 1. The predicted molar refractivity (Wildman–Crippen MR) is 115 cm³/mol. The molecule has 10 heteroatoms. The van der Waals surface area contributed by atoms with E-state index < -0.39 is 10.0 Å². The second kappa shape index (κ2) is 7.90. The molecule has 0 fully saturated rings. The number of thiazole rings is 1. The zero-order valence-electron chi connectivity index (χ0n) is 15.9. The maximum absolute atomic E-state index is 12.5. The van der Waals surface area contributed by atoms with Gasteiger partial charge in [-0.15, -0.1) is 11.3 Å². The SMILES string of the molecule is COc1ccc(-c2cn3c(CC(=O)Nc4ccc(S(N)(=O)=O)cc4)csc3n2)cc1. The smallest absolute Gasteiger partial charge is 0.238 e. The predicted octanol–water partition coefficient (Wildman–Crippen LogP) is 2.90. The van der Waals surface area contributed by atoms with Crippen molar-refractivity contribution >= 4 is 37.9 Å². The first kappa shape index (κ1) is 20.1. The van der Waals surface area contributed by atoms with Gasteiger partial charge in [-0.25, -0.2) is 18.5 Å². The van der Waals surface area contributed by atoms with E-state index in [0.717, 1.165) is 27.7 Å². The first-order valence-electron chi connectivity index (χ1n) is 8.86. The molecule has 2 aromatic heterocycles. The summed E-state index contributed by atoms with van der Waals surface area (Å²) in [4.78, 5) is 17.9. The Balaban J connectivity index is 1.49. The van der Waals surface area contributed by atoms with Crippen molar-refractivity contribution in [2.75, 3.05) is 12.4 Å². The molecule has 0 radical (unpaired) electrons. The van der Waals surface area contributed by atoms with Crippen LogP contribution in [0.25, 0.3) is 16.2 Å². The third-order valence-electron chi connectivity index (χ3n) is 4.48. The largest absolute Gasteiger partial charge is 0.497 e. The molecule has 4 rings (SSSR count). The number of carbonyl (C=O) groups is 1. The lowest BCUT2D eigenvalue weighted by molar-refractivity contribution is -0.115. The summed E-state index contributed by atoms with van der Waals surface area (Å²) >= 11 is 1.46. The number of amides is 1. The van der Waals surface area contributed by atoms with E-state index in [1.165, 1.54) is 35.6 Å². The minimum atomic E-state index is -3.77. The highest BCUT2D eigenvalue weighted by molar-refractivity contribution is 7.89. The van der Waals surface area contributed by atoms with E-state index in [1.54, 1.807) is 7.11 Å². The topological polar surface area (TPSA) is 116 Å². The average Bonchev–Trinajstić information content (AvgIpc) is 3.30. The van der Waals surface area contributed by atoms with Gasteiger partial charge in [0.15, 0.2) is 4.96 Å². The van der Waals surface area contributed by atoms with Crippen molar-refractivity contribution in [3.05, 3.63) is 65.8 Å². The van der Waals surface area contributed by atoms with Crippen LogP contribution in [0.4, 0.5) is 5.69 Å². The second-order valence-electron chi connectivity index (χ2n) is 6.53. The molecule has 0 aliphatic rings. The summed E-state index contributed by atoms with van der Waals surface area (Å²) in [5, 5.41) is 9.73. The molecule has 0 unspecified atom stereocenters. The third kappa shape index (κ3) is 4.20. The van der Waals surface area contributed by atoms with Crippen LogP contribution in [0.1, 0.15) is 5.69 Å². The number of nitrogens with zero attached hydrogens (tertiary/aromatic N) is 2. The molecule has 0 saturated heterocycles. The van der Waals surface area contributed by atoms with Crippen molar-refractivity contribution in [1.82, 2.24) is 9.38 Å². The van der Waals surface area contributed by atoms with E-state index in [1.807, 2.05) is 40.2 Å². The fourth-order valence-corrected chi connectivity index (χ4v) is 4.34. The number of primary sulfonamides is 1. The zero-order chi connectivity index (χ0) is 21.3. The molecule has 0 aliphatic heterocycles. The number of rotatable bonds is 6. The van der Waals surface area contributed by atoms with Gasteiger partial charge in [0.2, 0.25) is 15.9 Å². The van der Waals surface area contributed by atoms with Crippen molar-refractivity contribution in [3.8, 4) is 17.0 Å². The number of carbonyl (C=O) groups excluding carboxylic acids is 1. The molecule has 4 aromatic rings. The van der Waals surface area contributed by atoms with Gasteiger partial charge in [-0.05, 0) is 48.5 Å². The molecule has 0 aliphatic carbocycles. The molecule has 1 amide bonds. The summed E-state index contributed by atoms with van der Waals surface area (Å²) in [5.74, 6) is 0.548. The van der Waals surface area contributed by atoms with Gasteiger partial charge in [-0.2, -0.15) is 0 Å². The van der Waals surface area contributed by atoms with Gasteiger partial charge >= 0.3 is 0 Å². The lowest BCUT2D eigenvalue weighted by Crippen LogP contribution is -2.16. The number of nitrogens with one attached hydrogen (secondary N) is 1. The lowest BCUT2D eigenvalue weighted by atomic mass is 10.2. The number of methoxy groups -OCH3 is 1. The van der Waals surface area contributed by atoms with Crippen LogP contribution in [-0.4, -0.2) is 30.8 Å². The number of anilines is 1. The van der Waals surface area contributed by atoms with E-state index in [4.69, 9.17) is 9.88 Å². The molecule has 0 bridgehead atoms. The van der Waals surface area contributed by atoms with Gasteiger partial charge in [0.05, 0.1) is 24.1 Å². The summed E-state index contributed by atoms with van der Waals surface area (Å²) in [7, 11) is -2.15. The van der Waals surface area contributed by atoms with Crippen LogP contribution in [0.15, 0.2) is 65.0 Å². The zero-order valence-corrected chi connectivity index (χ0v) is 17.5. The van der Waals surface area contributed by atoms with Gasteiger partial charge in [0.25, 0.3) is 0 Å². The molecule has 154 valence electrons. The van der Waals surface area contributed by atoms with Crippen LogP contribution in [0, 0.1) is 0 Å². The van der Waals surface area contributed by atoms with E-state index in [2.05, 4.69) is 10.3 Å². The second-order valence-corrected chi connectivity index (χ2v) is 8.93. The van der Waals surface area contributed by atoms with E-state index >= 15 is 0 Å². The molecular weight excluding hydrogens is 424 g/mol. The number of hydrogen-bond donors (Lipinski definition) is 2. The summed E-state index contributed by atoms with van der Waals surface area (Å²) in [6.45, 7) is 0. The molecule has 0 atom stereocenters. The van der Waals surface area contributed by atoms with Gasteiger partial charge < -0.3 is 10.1 Å². The Morgan fingerprint density at radius 3 is 2.50 bits per heavy atom. The number of nitrogens with two attached hydrogens (primary N) is 1. The van der Waals surface area contributed by atoms with Gasteiger partial charge in [0, 0.05) is 28.5 Å². The number of hydrogen-bond acceptors (Lipinski definition) is 6. The highest BCUT2D eigenvalue weighted by Crippen LogP contribution is 2.25. The molecule has 0 saturated carbocycles. The van der Waals surface area contributed by atoms with E-state index in [9.17, 15) is 13.2 Å². The summed E-state index contributed by atoms with van der Waals surface area (Å²) in [5.41, 5.74) is 3.06. The maximum atomic E-state index is 12.5. The highest BCUT2D eigenvalue weighted by Gasteiger charge is 2.13. The average molecular weight is 443 g/mol. The Morgan fingerprint density at radius 2 is 1.87 bits per heavy atom. The number of aromatic nitrogens is 2. The van der Waals surface area contributed by atoms with Gasteiger partial charge in [0.1, 0.15) is 5.75 Å². The highest BCUT2D eigenvalue weighted by atomic mass is 32.2. The molecule has 30 heavy (non-hydrogen) atoms. The van der Waals surface area contributed by atoms with Crippen LogP contribution >= 0.6 is 11.3 Å². The summed E-state index contributed by atoms with van der Waals surface area (Å²) < 4.78 is 29.7. The number of benzene rings is 2. The van der Waals surface area contributed by atoms with Crippen molar-refractivity contribution in [1.29, 1.82) is 0 Å². The standard InChI is InChI=1S/C20H18N4O4S2/c1-28-16-6-2-13(3-7-16)18-11-24-15(12-29-20(24)23-18)10-19(25)22-14-4-8-17(9-5-14)30(21,26)27/h2-9,11-12H,10H2,1H3,(H,22,25)(H2,21,26,27). The minimum absolute atomic E-state index is 0.00970. The van der Waals surface area contributed by atoms with Gasteiger partial charge in [-0.1, -0.05) is 0 Å². The van der Waals surface area contributed by atoms with Crippen LogP contribution < -0.4 is 15.2 Å². The Labute approximate surface area is 177 Å². The lowest BCUT2D eigenvalue weighted by Gasteiger charge is -2.06. The molecule has 2 heterocycles. The minimum Gasteiger partial charge on any atom is -0.497 e. The number of sulfonamides is 1. The van der Waals surface area contributed by atoms with E-state index in [0.29, 0.717) is 5.69 Å². The van der Waals surface area contributed by atoms with Crippen molar-refractivity contribution in [2.45, 2.75) is 11.3 Å². The van der Waals surface area contributed by atoms with Crippen LogP contribution in [0.2, 0.25) is 0 Å². The first-order valence-corrected chi connectivity index (χ1v) is 11.3. The molecule has 3 N–H and O–H groups in total. The van der Waals surface area contributed by atoms with E-state index in [-0.39, 0.29) is 17.2 Å². The van der Waals surface area contributed by atoms with Crippen molar-refractivity contribution in [3.63, 3.8) is 0 Å². The Kier molecular flexibility index (Phi) is 5.29. The Hall–Kier alpha value is -3.21. The fraction of sp³-hybridized carbons (Fsp3) is 0.100.